The minimum atomic E-state index is -2.92. The minimum Gasteiger partial charge on any atom is -0.907 e. The van der Waals surface area contributed by atoms with E-state index in [-0.39, 0.29) is 67.7 Å². The molecule has 0 rings (SSSR count). The Labute approximate surface area is 88.6 Å². The van der Waals surface area contributed by atoms with Gasteiger partial charge in [-0.2, -0.15) is 0 Å². The zero-order valence-corrected chi connectivity index (χ0v) is 7.95. The third-order valence-electron chi connectivity index (χ3n) is 0. The van der Waals surface area contributed by atoms with Crippen molar-refractivity contribution >= 4 is 56.2 Å². The van der Waals surface area contributed by atoms with Gasteiger partial charge in [-0.15, -0.1) is 0 Å². The molecular weight excluding hydrogens is 203 g/mol. The summed E-state index contributed by atoms with van der Waals surface area (Å²) in [5, 5.41) is 25.2. The molecule has 24 valence electrons. The van der Waals surface area contributed by atoms with Crippen LogP contribution >= 0.6 is 0 Å². The Morgan fingerprint density at radius 3 is 1.00 bits per heavy atom. The largest absolute Gasteiger partial charge is 2.00 e. The van der Waals surface area contributed by atoms with Crippen LogP contribution in [0.15, 0.2) is 0 Å². The van der Waals surface area contributed by atoms with Crippen molar-refractivity contribution in [2.45, 2.75) is 0 Å². The van der Waals surface area contributed by atoms with Gasteiger partial charge >= 0.3 is 67.7 Å². The maximum atomic E-state index is 8.42. The molecule has 0 unspecified atom stereocenters. The van der Waals surface area contributed by atoms with Gasteiger partial charge in [0.1, 0.15) is 0 Å². The second-order valence-corrected chi connectivity index (χ2v) is 0.289. The van der Waals surface area contributed by atoms with Gasteiger partial charge in [0.05, 0.1) is 0 Å². The van der Waals surface area contributed by atoms with E-state index in [9.17, 15) is 0 Å². The fourth-order valence-corrected chi connectivity index (χ4v) is 0. The van der Waals surface area contributed by atoms with E-state index < -0.39 is 7.32 Å². The van der Waals surface area contributed by atoms with E-state index >= 15 is 0 Å². The smallest absolute Gasteiger partial charge is 0.907 e. The molecule has 6 heteroatoms. The molecule has 0 N–H and O–H groups in total. The second-order valence-electron chi connectivity index (χ2n) is 0.289. The summed E-state index contributed by atoms with van der Waals surface area (Å²) in [7, 11) is -2.92. The molecule has 0 atom stereocenters. The maximum absolute atomic E-state index is 8.42. The van der Waals surface area contributed by atoms with E-state index in [1.54, 1.807) is 0 Å². The molecule has 0 aromatic rings. The Bertz CT molecular complexity index is 15.5. The molecule has 0 aromatic carbocycles. The van der Waals surface area contributed by atoms with Crippen LogP contribution in [-0.2, 0) is 0 Å². The Morgan fingerprint density at radius 2 is 1.00 bits per heavy atom. The Hall–Kier alpha value is 2.11. The van der Waals surface area contributed by atoms with Crippen molar-refractivity contribution in [3.8, 4) is 0 Å². The minimum absolute atomic E-state index is 0. The zero-order valence-electron chi connectivity index (χ0n) is 3.51. The number of hydrogen-bond acceptors (Lipinski definition) is 3. The monoisotopic (exact) mass is 204 g/mol. The van der Waals surface area contributed by atoms with Crippen LogP contribution in [0.3, 0.4) is 0 Å². The van der Waals surface area contributed by atoms with Crippen LogP contribution in [0.25, 0.3) is 0 Å². The van der Waals surface area contributed by atoms with Gasteiger partial charge < -0.3 is 15.1 Å². The first-order chi connectivity index (χ1) is 1.73. The average molecular weight is 203 g/mol. The third-order valence-corrected chi connectivity index (χ3v) is 0. The van der Waals surface area contributed by atoms with E-state index in [0.29, 0.717) is 0 Å². The van der Waals surface area contributed by atoms with E-state index in [4.69, 9.17) is 15.1 Å². The summed E-state index contributed by atoms with van der Waals surface area (Å²) in [5.41, 5.74) is 0. The summed E-state index contributed by atoms with van der Waals surface area (Å²) in [6.45, 7) is 0. The van der Waals surface area contributed by atoms with Crippen LogP contribution in [-0.4, -0.2) is 56.2 Å². The average Bonchev–Trinajstić information content (AvgIpc) is 0.811. The van der Waals surface area contributed by atoms with Crippen molar-refractivity contribution in [2.24, 2.45) is 0 Å². The first-order valence-electron chi connectivity index (χ1n) is 0.707. The molecule has 0 bridgehead atoms. The van der Waals surface area contributed by atoms with E-state index in [1.165, 1.54) is 0 Å². The Kier molecular flexibility index (Phi) is 26.6. The molecule has 0 aliphatic rings. The first kappa shape index (κ1) is 15.7. The summed E-state index contributed by atoms with van der Waals surface area (Å²) >= 11 is 0. The summed E-state index contributed by atoms with van der Waals surface area (Å²) in [5.74, 6) is 0. The van der Waals surface area contributed by atoms with Crippen LogP contribution in [0.5, 0.6) is 0 Å². The van der Waals surface area contributed by atoms with E-state index in [1.807, 2.05) is 0 Å². The van der Waals surface area contributed by atoms with Crippen LogP contribution in [0.1, 0.15) is 0 Å². The van der Waals surface area contributed by atoms with Crippen LogP contribution in [0.2, 0.25) is 0 Å². The predicted octanol–water partition coefficient (Wildman–Crippen LogP) is -7.32. The van der Waals surface area contributed by atoms with Gasteiger partial charge in [-0.05, 0) is 0 Å². The normalized spacial score (nSPS) is 4.50. The number of hydrogen-bond donors (Lipinski definition) is 0. The van der Waals surface area contributed by atoms with Crippen molar-refractivity contribution in [2.75, 3.05) is 0 Å². The summed E-state index contributed by atoms with van der Waals surface area (Å²) in [6.07, 6.45) is 0. The van der Waals surface area contributed by atoms with Crippen molar-refractivity contribution in [1.82, 2.24) is 0 Å². The molecule has 3 nitrogen and oxygen atoms in total. The molecule has 6 heavy (non-hydrogen) atoms. The molecule has 0 spiro atoms. The molecule has 0 saturated carbocycles. The van der Waals surface area contributed by atoms with Gasteiger partial charge in [0.25, 0.3) is 0 Å². The topological polar surface area (TPSA) is 69.2 Å². The Morgan fingerprint density at radius 1 is 1.00 bits per heavy atom. The molecular formula is BBaLiO3. The maximum Gasteiger partial charge on any atom is 2.00 e. The van der Waals surface area contributed by atoms with Crippen molar-refractivity contribution in [1.29, 1.82) is 0 Å². The third kappa shape index (κ3) is 35.8. The van der Waals surface area contributed by atoms with Gasteiger partial charge in [-0.25, -0.2) is 0 Å². The molecule has 0 saturated heterocycles. The summed E-state index contributed by atoms with van der Waals surface area (Å²) < 4.78 is 0. The van der Waals surface area contributed by atoms with Gasteiger partial charge in [0.2, 0.25) is 0 Å². The number of rotatable bonds is 0. The second kappa shape index (κ2) is 10.2. The quantitative estimate of drug-likeness (QED) is 0.367. The Balaban J connectivity index is -0.0000000450. The van der Waals surface area contributed by atoms with Gasteiger partial charge in [0.15, 0.2) is 0 Å². The SMILES string of the molecule is [Ba+2].[Li+].[O-]B([O-])[O-]. The summed E-state index contributed by atoms with van der Waals surface area (Å²) in [4.78, 5) is 0. The molecule has 0 radical (unpaired) electrons. The first-order valence-corrected chi connectivity index (χ1v) is 0.707. The van der Waals surface area contributed by atoms with E-state index in [2.05, 4.69) is 0 Å². The molecule has 0 amide bonds. The molecule has 0 heterocycles. The standard InChI is InChI=1S/BO3.Ba.Li/c2-1(3)4;;/q-3;+2;+1. The molecule has 0 fully saturated rings. The van der Waals surface area contributed by atoms with Crippen LogP contribution < -0.4 is 33.9 Å². The molecule has 0 aliphatic carbocycles. The van der Waals surface area contributed by atoms with Gasteiger partial charge in [-0.1, -0.05) is 0 Å². The van der Waals surface area contributed by atoms with Crippen LogP contribution in [0, 0.1) is 0 Å². The predicted molar refractivity (Wildman–Crippen MR) is 11.5 cm³/mol. The van der Waals surface area contributed by atoms with Crippen LogP contribution in [0.4, 0.5) is 0 Å². The van der Waals surface area contributed by atoms with Gasteiger partial charge in [-0.3, -0.25) is 7.32 Å². The molecule has 0 aromatic heterocycles. The van der Waals surface area contributed by atoms with Crippen molar-refractivity contribution in [3.63, 3.8) is 0 Å². The zero-order chi connectivity index (χ0) is 3.58. The summed E-state index contributed by atoms with van der Waals surface area (Å²) in [6, 6.07) is 0. The van der Waals surface area contributed by atoms with Gasteiger partial charge in [0, 0.05) is 0 Å². The van der Waals surface area contributed by atoms with E-state index in [0.717, 1.165) is 0 Å². The molecule has 0 aliphatic heterocycles. The fourth-order valence-electron chi connectivity index (χ4n) is 0. The van der Waals surface area contributed by atoms with Crippen molar-refractivity contribution < 1.29 is 33.9 Å². The fraction of sp³-hybridized carbons (Fsp3) is 0. The van der Waals surface area contributed by atoms with Crippen molar-refractivity contribution in [3.05, 3.63) is 0 Å².